The number of ether oxygens (including phenoxy) is 1. The van der Waals surface area contributed by atoms with Crippen LogP contribution in [0.15, 0.2) is 91.0 Å². The van der Waals surface area contributed by atoms with Gasteiger partial charge in [0.05, 0.1) is 12.3 Å². The Labute approximate surface area is 160 Å². The number of carbonyl (C=O) groups is 1. The lowest BCUT2D eigenvalue weighted by atomic mass is 10.1. The molecule has 27 heavy (non-hydrogen) atoms. The molecule has 3 nitrogen and oxygen atoms in total. The van der Waals surface area contributed by atoms with E-state index in [9.17, 15) is 4.79 Å². The summed E-state index contributed by atoms with van der Waals surface area (Å²) in [5.41, 5.74) is 2.96. The third-order valence-corrected chi connectivity index (χ3v) is 4.08. The second-order valence-corrected chi connectivity index (χ2v) is 6.17. The quantitative estimate of drug-likeness (QED) is 0.436. The number of nitrogens with one attached hydrogen (secondary N) is 1. The Bertz CT molecular complexity index is 873. The number of carbonyl (C=O) groups excluding carboxylic acids is 1. The van der Waals surface area contributed by atoms with Crippen LogP contribution in [0.1, 0.15) is 17.5 Å². The molecular weight excluding hydrogens is 334 g/mol. The molecule has 3 aromatic rings. The highest BCUT2D eigenvalue weighted by Crippen LogP contribution is 2.24. The van der Waals surface area contributed by atoms with Gasteiger partial charge in [0.1, 0.15) is 5.75 Å². The molecule has 0 atom stereocenters. The number of benzene rings is 3. The van der Waals surface area contributed by atoms with Crippen LogP contribution < -0.4 is 10.1 Å². The summed E-state index contributed by atoms with van der Waals surface area (Å²) in [6.07, 6.45) is 5.20. The molecule has 0 spiro atoms. The molecule has 1 amide bonds. The molecule has 0 aliphatic carbocycles. The molecule has 0 aromatic heterocycles. The normalized spacial score (nSPS) is 10.7. The van der Waals surface area contributed by atoms with Gasteiger partial charge in [0.15, 0.2) is 0 Å². The Morgan fingerprint density at radius 2 is 1.52 bits per heavy atom. The number of aryl methyl sites for hydroxylation is 1. The summed E-state index contributed by atoms with van der Waals surface area (Å²) in [7, 11) is 0. The Morgan fingerprint density at radius 3 is 2.30 bits per heavy atom. The van der Waals surface area contributed by atoms with Crippen molar-refractivity contribution in [2.75, 3.05) is 11.9 Å². The minimum absolute atomic E-state index is 0.181. The number of rotatable bonds is 8. The Hall–Kier alpha value is -3.33. The average Bonchev–Trinajstić information content (AvgIpc) is 2.72. The van der Waals surface area contributed by atoms with Crippen LogP contribution in [0.2, 0.25) is 0 Å². The Kier molecular flexibility index (Phi) is 6.82. The summed E-state index contributed by atoms with van der Waals surface area (Å²) >= 11 is 0. The average molecular weight is 357 g/mol. The zero-order chi connectivity index (χ0) is 18.7. The zero-order valence-electron chi connectivity index (χ0n) is 15.2. The summed E-state index contributed by atoms with van der Waals surface area (Å²) in [5, 5.41) is 2.89. The van der Waals surface area contributed by atoms with Crippen LogP contribution in [0, 0.1) is 0 Å². The van der Waals surface area contributed by atoms with E-state index in [1.54, 1.807) is 6.08 Å². The predicted octanol–water partition coefficient (Wildman–Crippen LogP) is 5.35. The van der Waals surface area contributed by atoms with Crippen LogP contribution in [0.3, 0.4) is 0 Å². The molecule has 3 rings (SSSR count). The molecule has 3 heteroatoms. The van der Waals surface area contributed by atoms with Gasteiger partial charge in [0.25, 0.3) is 0 Å². The van der Waals surface area contributed by atoms with Crippen LogP contribution in [-0.4, -0.2) is 12.5 Å². The van der Waals surface area contributed by atoms with Gasteiger partial charge in [-0.1, -0.05) is 72.8 Å². The molecule has 0 aliphatic rings. The van der Waals surface area contributed by atoms with E-state index in [4.69, 9.17) is 4.74 Å². The minimum atomic E-state index is -0.181. The largest absolute Gasteiger partial charge is 0.491 e. The van der Waals surface area contributed by atoms with E-state index in [-0.39, 0.29) is 5.91 Å². The first-order chi connectivity index (χ1) is 13.3. The lowest BCUT2D eigenvalue weighted by Gasteiger charge is -2.11. The van der Waals surface area contributed by atoms with Crippen molar-refractivity contribution < 1.29 is 9.53 Å². The van der Waals surface area contributed by atoms with Crippen LogP contribution in [-0.2, 0) is 11.2 Å². The first kappa shape index (κ1) is 18.5. The Balaban J connectivity index is 1.52. The molecule has 0 radical (unpaired) electrons. The maximum atomic E-state index is 12.2. The summed E-state index contributed by atoms with van der Waals surface area (Å²) in [6, 6.07) is 27.6. The van der Waals surface area contributed by atoms with E-state index >= 15 is 0 Å². The Morgan fingerprint density at radius 1 is 0.852 bits per heavy atom. The van der Waals surface area contributed by atoms with Crippen molar-refractivity contribution in [1.82, 2.24) is 0 Å². The van der Waals surface area contributed by atoms with Crippen LogP contribution in [0.25, 0.3) is 6.08 Å². The molecule has 0 heterocycles. The second-order valence-electron chi connectivity index (χ2n) is 6.17. The number of amides is 1. The van der Waals surface area contributed by atoms with Gasteiger partial charge in [0.2, 0.25) is 5.91 Å². The van der Waals surface area contributed by atoms with Crippen molar-refractivity contribution >= 4 is 17.7 Å². The lowest BCUT2D eigenvalue weighted by Crippen LogP contribution is -2.10. The molecular formula is C24H23NO2. The zero-order valence-corrected chi connectivity index (χ0v) is 15.2. The van der Waals surface area contributed by atoms with Crippen LogP contribution in [0.5, 0.6) is 5.75 Å². The third-order valence-electron chi connectivity index (χ3n) is 4.08. The van der Waals surface area contributed by atoms with Crippen molar-refractivity contribution in [3.05, 3.63) is 102 Å². The molecule has 0 fully saturated rings. The van der Waals surface area contributed by atoms with E-state index in [2.05, 4.69) is 17.4 Å². The van der Waals surface area contributed by atoms with E-state index in [0.717, 1.165) is 18.4 Å². The highest BCUT2D eigenvalue weighted by Gasteiger charge is 2.05. The molecule has 0 saturated carbocycles. The maximum absolute atomic E-state index is 12.2. The van der Waals surface area contributed by atoms with E-state index < -0.39 is 0 Å². The van der Waals surface area contributed by atoms with Gasteiger partial charge in [-0.05, 0) is 42.2 Å². The molecule has 0 saturated heterocycles. The molecule has 1 N–H and O–H groups in total. The van der Waals surface area contributed by atoms with E-state index in [1.165, 1.54) is 11.6 Å². The van der Waals surface area contributed by atoms with Crippen LogP contribution in [0.4, 0.5) is 5.69 Å². The third kappa shape index (κ3) is 6.15. The first-order valence-electron chi connectivity index (χ1n) is 9.11. The van der Waals surface area contributed by atoms with E-state index in [1.807, 2.05) is 72.8 Å². The van der Waals surface area contributed by atoms with Gasteiger partial charge in [-0.3, -0.25) is 4.79 Å². The molecule has 0 bridgehead atoms. The standard InChI is InChI=1S/C24H23NO2/c26-24(18-17-21-12-5-2-6-13-21)25-22-15-7-8-16-23(22)27-19-9-14-20-10-3-1-4-11-20/h1-8,10-13,15-18H,9,14,19H2,(H,25,26)/b18-17+. The van der Waals surface area contributed by atoms with Gasteiger partial charge in [-0.2, -0.15) is 0 Å². The summed E-state index contributed by atoms with van der Waals surface area (Å²) in [6.45, 7) is 0.599. The van der Waals surface area contributed by atoms with Crippen LogP contribution >= 0.6 is 0 Å². The van der Waals surface area contributed by atoms with Crippen molar-refractivity contribution in [3.63, 3.8) is 0 Å². The fourth-order valence-corrected chi connectivity index (χ4v) is 2.71. The summed E-state index contributed by atoms with van der Waals surface area (Å²) < 4.78 is 5.88. The lowest BCUT2D eigenvalue weighted by molar-refractivity contribution is -0.111. The minimum Gasteiger partial charge on any atom is -0.491 e. The maximum Gasteiger partial charge on any atom is 0.248 e. The van der Waals surface area contributed by atoms with Crippen molar-refractivity contribution in [2.45, 2.75) is 12.8 Å². The topological polar surface area (TPSA) is 38.3 Å². The SMILES string of the molecule is O=C(/C=C/c1ccccc1)Nc1ccccc1OCCCc1ccccc1. The molecule has 0 unspecified atom stereocenters. The summed E-state index contributed by atoms with van der Waals surface area (Å²) in [5.74, 6) is 0.506. The van der Waals surface area contributed by atoms with Crippen molar-refractivity contribution in [2.24, 2.45) is 0 Å². The monoisotopic (exact) mass is 357 g/mol. The van der Waals surface area contributed by atoms with Gasteiger partial charge < -0.3 is 10.1 Å². The number of para-hydroxylation sites is 2. The first-order valence-corrected chi connectivity index (χ1v) is 9.11. The van der Waals surface area contributed by atoms with Crippen molar-refractivity contribution in [3.8, 4) is 5.75 Å². The summed E-state index contributed by atoms with van der Waals surface area (Å²) in [4.78, 5) is 12.2. The van der Waals surface area contributed by atoms with Gasteiger partial charge >= 0.3 is 0 Å². The molecule has 136 valence electrons. The smallest absolute Gasteiger partial charge is 0.248 e. The fourth-order valence-electron chi connectivity index (χ4n) is 2.71. The number of anilines is 1. The van der Waals surface area contributed by atoms with E-state index in [0.29, 0.717) is 18.0 Å². The molecule has 0 aliphatic heterocycles. The molecule has 3 aromatic carbocycles. The van der Waals surface area contributed by atoms with Gasteiger partial charge in [-0.15, -0.1) is 0 Å². The number of hydrogen-bond donors (Lipinski definition) is 1. The highest BCUT2D eigenvalue weighted by molar-refractivity contribution is 6.02. The number of hydrogen-bond acceptors (Lipinski definition) is 2. The fraction of sp³-hybridized carbons (Fsp3) is 0.125. The highest BCUT2D eigenvalue weighted by atomic mass is 16.5. The van der Waals surface area contributed by atoms with Crippen molar-refractivity contribution in [1.29, 1.82) is 0 Å². The van der Waals surface area contributed by atoms with Gasteiger partial charge in [0, 0.05) is 6.08 Å². The predicted molar refractivity (Wildman–Crippen MR) is 111 cm³/mol. The second kappa shape index (κ2) is 9.97. The van der Waals surface area contributed by atoms with Gasteiger partial charge in [-0.25, -0.2) is 0 Å².